The van der Waals surface area contributed by atoms with Crippen LogP contribution in [0.3, 0.4) is 0 Å². The van der Waals surface area contributed by atoms with E-state index in [1.54, 1.807) is 21.0 Å². The number of benzene rings is 1. The lowest BCUT2D eigenvalue weighted by molar-refractivity contribution is -0.125. The Morgan fingerprint density at radius 2 is 1.92 bits per heavy atom. The number of nitrogens with two attached hydrogens (primary N) is 1. The molecule has 0 atom stereocenters. The summed E-state index contributed by atoms with van der Waals surface area (Å²) in [6, 6.07) is 5.66. The lowest BCUT2D eigenvalue weighted by atomic mass is 10.1. The molecule has 6 heteroatoms. The number of rotatable bonds is 10. The molecule has 3 N–H and O–H groups in total. The van der Waals surface area contributed by atoms with Gasteiger partial charge >= 0.3 is 0 Å². The van der Waals surface area contributed by atoms with Crippen molar-refractivity contribution < 1.29 is 14.3 Å². The van der Waals surface area contributed by atoms with Gasteiger partial charge in [0.05, 0.1) is 12.6 Å². The first-order chi connectivity index (χ1) is 11.3. The Morgan fingerprint density at radius 3 is 2.46 bits per heavy atom. The maximum absolute atomic E-state index is 11.8. The number of amides is 1. The van der Waals surface area contributed by atoms with E-state index < -0.39 is 5.54 Å². The molecule has 6 nitrogen and oxygen atoms in total. The molecule has 0 bridgehead atoms. The molecule has 136 valence electrons. The van der Waals surface area contributed by atoms with Gasteiger partial charge in [-0.2, -0.15) is 0 Å². The van der Waals surface area contributed by atoms with Crippen LogP contribution in [0.25, 0.3) is 0 Å². The van der Waals surface area contributed by atoms with E-state index in [2.05, 4.69) is 24.1 Å². The molecule has 1 aromatic rings. The molecular formula is C18H31N3O3. The van der Waals surface area contributed by atoms with Crippen molar-refractivity contribution in [3.05, 3.63) is 23.8 Å². The maximum Gasteiger partial charge on any atom is 0.239 e. The first-order valence-corrected chi connectivity index (χ1v) is 8.41. The average molecular weight is 337 g/mol. The van der Waals surface area contributed by atoms with Gasteiger partial charge in [-0.3, -0.25) is 4.79 Å². The fraction of sp³-hybridized carbons (Fsp3) is 0.611. The molecular weight excluding hydrogens is 306 g/mol. The molecule has 1 rings (SSSR count). The van der Waals surface area contributed by atoms with Crippen molar-refractivity contribution in [2.24, 2.45) is 5.73 Å². The van der Waals surface area contributed by atoms with Gasteiger partial charge in [0.1, 0.15) is 6.61 Å². The Hall–Kier alpha value is -1.79. The summed E-state index contributed by atoms with van der Waals surface area (Å²) in [7, 11) is 1.61. The van der Waals surface area contributed by atoms with E-state index in [4.69, 9.17) is 15.2 Å². The first kappa shape index (κ1) is 20.3. The zero-order valence-corrected chi connectivity index (χ0v) is 15.5. The van der Waals surface area contributed by atoms with E-state index >= 15 is 0 Å². The third kappa shape index (κ3) is 6.37. The molecule has 0 aliphatic heterocycles. The van der Waals surface area contributed by atoms with Gasteiger partial charge in [-0.25, -0.2) is 0 Å². The van der Waals surface area contributed by atoms with Gasteiger partial charge in [0.25, 0.3) is 0 Å². The molecule has 0 unspecified atom stereocenters. The van der Waals surface area contributed by atoms with E-state index in [1.165, 1.54) is 0 Å². The molecule has 0 radical (unpaired) electrons. The predicted molar refractivity (Wildman–Crippen MR) is 96.4 cm³/mol. The largest absolute Gasteiger partial charge is 0.493 e. The minimum absolute atomic E-state index is 0.194. The van der Waals surface area contributed by atoms with Crippen LogP contribution in [0.1, 0.15) is 33.3 Å². The zero-order chi connectivity index (χ0) is 18.2. The number of nitrogens with one attached hydrogen (secondary N) is 1. The smallest absolute Gasteiger partial charge is 0.239 e. The van der Waals surface area contributed by atoms with Crippen LogP contribution < -0.4 is 20.5 Å². The summed E-state index contributed by atoms with van der Waals surface area (Å²) in [6.07, 6.45) is 0. The highest BCUT2D eigenvalue weighted by Gasteiger charge is 2.21. The van der Waals surface area contributed by atoms with Crippen LogP contribution in [0.5, 0.6) is 11.5 Å². The Kier molecular flexibility index (Phi) is 8.01. The number of hydrogen-bond acceptors (Lipinski definition) is 5. The molecule has 1 amide bonds. The molecule has 1 aromatic carbocycles. The molecule has 24 heavy (non-hydrogen) atoms. The van der Waals surface area contributed by atoms with Crippen molar-refractivity contribution >= 4 is 5.91 Å². The Labute approximate surface area is 145 Å². The third-order valence-electron chi connectivity index (χ3n) is 3.83. The second-order valence-electron chi connectivity index (χ2n) is 6.26. The number of nitrogens with zero attached hydrogens (tertiary/aromatic N) is 1. The quantitative estimate of drug-likeness (QED) is 0.680. The van der Waals surface area contributed by atoms with Crippen molar-refractivity contribution in [2.75, 3.05) is 33.4 Å². The van der Waals surface area contributed by atoms with E-state index in [0.29, 0.717) is 24.7 Å². The third-order valence-corrected chi connectivity index (χ3v) is 3.83. The summed E-state index contributed by atoms with van der Waals surface area (Å²) in [5.74, 6) is 1.17. The Balaban J connectivity index is 2.63. The highest BCUT2D eigenvalue weighted by Crippen LogP contribution is 2.28. The van der Waals surface area contributed by atoms with Crippen LogP contribution in [0.2, 0.25) is 0 Å². The van der Waals surface area contributed by atoms with Crippen LogP contribution in [0.15, 0.2) is 18.2 Å². The van der Waals surface area contributed by atoms with E-state index in [-0.39, 0.29) is 5.91 Å². The van der Waals surface area contributed by atoms with Gasteiger partial charge in [-0.05, 0) is 44.6 Å². The second kappa shape index (κ2) is 9.49. The number of carbonyl (C=O) groups excluding carboxylic acids is 1. The van der Waals surface area contributed by atoms with Gasteiger partial charge in [-0.1, -0.05) is 19.9 Å². The molecule has 0 saturated heterocycles. The van der Waals surface area contributed by atoms with Crippen LogP contribution in [-0.4, -0.2) is 49.7 Å². The Morgan fingerprint density at radius 1 is 1.25 bits per heavy atom. The maximum atomic E-state index is 11.8. The Bertz CT molecular complexity index is 523. The normalized spacial score (nSPS) is 11.5. The number of methoxy groups -OCH3 is 1. The summed E-state index contributed by atoms with van der Waals surface area (Å²) in [6.45, 7) is 11.5. The highest BCUT2D eigenvalue weighted by molar-refractivity contribution is 5.85. The fourth-order valence-corrected chi connectivity index (χ4v) is 2.18. The molecule has 0 spiro atoms. The molecule has 0 saturated carbocycles. The number of ether oxygens (including phenoxy) is 2. The van der Waals surface area contributed by atoms with Crippen molar-refractivity contribution in [2.45, 2.75) is 39.8 Å². The SMILES string of the molecule is CCN(CC)CCOc1ccc(CNC(=O)C(C)(C)N)cc1OC. The summed E-state index contributed by atoms with van der Waals surface area (Å²) < 4.78 is 11.2. The standard InChI is InChI=1S/C18H31N3O3/c1-6-21(7-2)10-11-24-15-9-8-14(12-16(15)23-5)13-20-17(22)18(3,4)19/h8-9,12H,6-7,10-11,13,19H2,1-5H3,(H,20,22). The number of carbonyl (C=O) groups is 1. The van der Waals surface area contributed by atoms with Crippen LogP contribution in [0, 0.1) is 0 Å². The summed E-state index contributed by atoms with van der Waals surface area (Å²) in [4.78, 5) is 14.1. The van der Waals surface area contributed by atoms with Gasteiger partial charge in [-0.15, -0.1) is 0 Å². The van der Waals surface area contributed by atoms with Gasteiger partial charge in [0, 0.05) is 13.1 Å². The monoisotopic (exact) mass is 337 g/mol. The molecule has 0 aromatic heterocycles. The van der Waals surface area contributed by atoms with E-state index in [0.717, 1.165) is 25.2 Å². The summed E-state index contributed by atoms with van der Waals surface area (Å²) in [5, 5.41) is 2.82. The summed E-state index contributed by atoms with van der Waals surface area (Å²) >= 11 is 0. The predicted octanol–water partition coefficient (Wildman–Crippen LogP) is 1.77. The molecule has 0 aliphatic rings. The molecule has 0 aliphatic carbocycles. The van der Waals surface area contributed by atoms with Crippen molar-refractivity contribution in [1.29, 1.82) is 0 Å². The van der Waals surface area contributed by atoms with Crippen LogP contribution >= 0.6 is 0 Å². The van der Waals surface area contributed by atoms with Crippen LogP contribution in [0.4, 0.5) is 0 Å². The minimum Gasteiger partial charge on any atom is -0.493 e. The fourth-order valence-electron chi connectivity index (χ4n) is 2.18. The second-order valence-corrected chi connectivity index (χ2v) is 6.26. The number of likely N-dealkylation sites (N-methyl/N-ethyl adjacent to an activating group) is 1. The van der Waals surface area contributed by atoms with Gasteiger partial charge < -0.3 is 25.4 Å². The zero-order valence-electron chi connectivity index (χ0n) is 15.5. The van der Waals surface area contributed by atoms with Crippen molar-refractivity contribution in [3.63, 3.8) is 0 Å². The minimum atomic E-state index is -0.891. The van der Waals surface area contributed by atoms with E-state index in [9.17, 15) is 4.79 Å². The van der Waals surface area contributed by atoms with Crippen molar-refractivity contribution in [1.82, 2.24) is 10.2 Å². The highest BCUT2D eigenvalue weighted by atomic mass is 16.5. The van der Waals surface area contributed by atoms with Gasteiger partial charge in [0.2, 0.25) is 5.91 Å². The topological polar surface area (TPSA) is 76.8 Å². The van der Waals surface area contributed by atoms with Crippen LogP contribution in [-0.2, 0) is 11.3 Å². The summed E-state index contributed by atoms with van der Waals surface area (Å²) in [5.41, 5.74) is 5.80. The first-order valence-electron chi connectivity index (χ1n) is 8.41. The average Bonchev–Trinajstić information content (AvgIpc) is 2.56. The van der Waals surface area contributed by atoms with Crippen molar-refractivity contribution in [3.8, 4) is 11.5 Å². The van der Waals surface area contributed by atoms with Gasteiger partial charge in [0.15, 0.2) is 11.5 Å². The lowest BCUT2D eigenvalue weighted by Crippen LogP contribution is -2.48. The molecule has 0 heterocycles. The molecule has 0 fully saturated rings. The number of hydrogen-bond donors (Lipinski definition) is 2. The lowest BCUT2D eigenvalue weighted by Gasteiger charge is -2.19. The van der Waals surface area contributed by atoms with E-state index in [1.807, 2.05) is 18.2 Å².